The monoisotopic (exact) mass is 244 g/mol. The van der Waals surface area contributed by atoms with Gasteiger partial charge in [-0.25, -0.2) is 0 Å². The predicted octanol–water partition coefficient (Wildman–Crippen LogP) is 1.65. The van der Waals surface area contributed by atoms with Gasteiger partial charge in [-0.05, 0) is 46.2 Å². The van der Waals surface area contributed by atoms with E-state index in [1.807, 2.05) is 0 Å². The Morgan fingerprint density at radius 3 is 2.41 bits per heavy atom. The van der Waals surface area contributed by atoms with Gasteiger partial charge >= 0.3 is 0 Å². The highest BCUT2D eigenvalue weighted by Gasteiger charge is 2.02. The van der Waals surface area contributed by atoms with Gasteiger partial charge in [0.05, 0.1) is 6.10 Å². The molecule has 0 atom stereocenters. The van der Waals surface area contributed by atoms with Crippen LogP contribution in [0.25, 0.3) is 0 Å². The smallest absolute Gasteiger partial charge is 0.222 e. The van der Waals surface area contributed by atoms with E-state index in [1.165, 1.54) is 0 Å². The third-order valence-corrected chi connectivity index (χ3v) is 2.44. The molecule has 0 bridgehead atoms. The summed E-state index contributed by atoms with van der Waals surface area (Å²) in [5, 5.41) is 3.34. The van der Waals surface area contributed by atoms with Gasteiger partial charge in [0.1, 0.15) is 0 Å². The molecule has 0 aliphatic carbocycles. The van der Waals surface area contributed by atoms with Crippen LogP contribution >= 0.6 is 0 Å². The lowest BCUT2D eigenvalue weighted by Crippen LogP contribution is -2.24. The maximum atomic E-state index is 11.3. The van der Waals surface area contributed by atoms with E-state index in [0.29, 0.717) is 12.5 Å². The number of nitrogens with one attached hydrogen (secondary N) is 1. The number of unbranched alkanes of at least 4 members (excludes halogenated alkanes) is 1. The predicted molar refractivity (Wildman–Crippen MR) is 71.1 cm³/mol. The number of hydrogen-bond donors (Lipinski definition) is 1. The minimum Gasteiger partial charge on any atom is -0.379 e. The first-order valence-electron chi connectivity index (χ1n) is 6.56. The second-order valence-corrected chi connectivity index (χ2v) is 4.77. The number of rotatable bonds is 10. The lowest BCUT2D eigenvalue weighted by molar-refractivity contribution is -0.128. The van der Waals surface area contributed by atoms with Crippen LogP contribution in [0, 0.1) is 0 Å². The Bertz CT molecular complexity index is 194. The topological polar surface area (TPSA) is 41.6 Å². The highest BCUT2D eigenvalue weighted by atomic mass is 16.5. The molecule has 0 aliphatic heterocycles. The quantitative estimate of drug-likeness (QED) is 0.594. The van der Waals surface area contributed by atoms with Gasteiger partial charge in [-0.3, -0.25) is 4.79 Å². The van der Waals surface area contributed by atoms with Crippen molar-refractivity contribution < 1.29 is 9.53 Å². The van der Waals surface area contributed by atoms with Gasteiger partial charge in [0, 0.05) is 27.1 Å². The average molecular weight is 244 g/mol. The maximum absolute atomic E-state index is 11.3. The molecule has 0 spiro atoms. The van der Waals surface area contributed by atoms with Crippen molar-refractivity contribution in [2.75, 3.05) is 33.8 Å². The van der Waals surface area contributed by atoms with Crippen molar-refractivity contribution >= 4 is 5.91 Å². The van der Waals surface area contributed by atoms with Crippen LogP contribution in [-0.2, 0) is 9.53 Å². The summed E-state index contributed by atoms with van der Waals surface area (Å²) in [6.45, 7) is 6.89. The van der Waals surface area contributed by atoms with Crippen molar-refractivity contribution in [2.24, 2.45) is 0 Å². The van der Waals surface area contributed by atoms with Crippen LogP contribution in [0.2, 0.25) is 0 Å². The molecule has 102 valence electrons. The molecule has 0 heterocycles. The van der Waals surface area contributed by atoms with Crippen LogP contribution in [0.3, 0.4) is 0 Å². The first kappa shape index (κ1) is 16.4. The molecule has 17 heavy (non-hydrogen) atoms. The van der Waals surface area contributed by atoms with E-state index in [4.69, 9.17) is 4.74 Å². The van der Waals surface area contributed by atoms with E-state index >= 15 is 0 Å². The standard InChI is InChI=1S/C13H28N2O2/c1-12(2)17-11-6-5-9-14-10-7-8-13(16)15(3)4/h12,14H,5-11H2,1-4H3. The van der Waals surface area contributed by atoms with E-state index in [2.05, 4.69) is 19.2 Å². The Balaban J connectivity index is 3.11. The summed E-state index contributed by atoms with van der Waals surface area (Å²) in [7, 11) is 3.59. The van der Waals surface area contributed by atoms with Gasteiger partial charge in [-0.15, -0.1) is 0 Å². The van der Waals surface area contributed by atoms with Crippen LogP contribution < -0.4 is 5.32 Å². The zero-order valence-corrected chi connectivity index (χ0v) is 11.8. The number of hydrogen-bond acceptors (Lipinski definition) is 3. The van der Waals surface area contributed by atoms with Gasteiger partial charge in [-0.2, -0.15) is 0 Å². The summed E-state index contributed by atoms with van der Waals surface area (Å²) >= 11 is 0. The van der Waals surface area contributed by atoms with Gasteiger partial charge in [0.25, 0.3) is 0 Å². The summed E-state index contributed by atoms with van der Waals surface area (Å²) in [4.78, 5) is 12.9. The van der Waals surface area contributed by atoms with E-state index < -0.39 is 0 Å². The average Bonchev–Trinajstić information content (AvgIpc) is 2.25. The second-order valence-electron chi connectivity index (χ2n) is 4.77. The first-order chi connectivity index (χ1) is 8.04. The second kappa shape index (κ2) is 10.5. The highest BCUT2D eigenvalue weighted by Crippen LogP contribution is 1.94. The molecule has 0 saturated heterocycles. The Labute approximate surface area is 106 Å². The van der Waals surface area contributed by atoms with E-state index in [0.717, 1.165) is 39.0 Å². The normalized spacial score (nSPS) is 10.9. The number of nitrogens with zero attached hydrogens (tertiary/aromatic N) is 1. The fourth-order valence-corrected chi connectivity index (χ4v) is 1.38. The molecule has 1 amide bonds. The molecule has 0 radical (unpaired) electrons. The highest BCUT2D eigenvalue weighted by molar-refractivity contribution is 5.75. The fourth-order valence-electron chi connectivity index (χ4n) is 1.38. The molecule has 0 aromatic heterocycles. The number of amides is 1. The lowest BCUT2D eigenvalue weighted by Gasteiger charge is -2.10. The molecule has 0 saturated carbocycles. The third kappa shape index (κ3) is 11.6. The van der Waals surface area contributed by atoms with Crippen LogP contribution in [-0.4, -0.2) is 50.7 Å². The Morgan fingerprint density at radius 1 is 1.18 bits per heavy atom. The molecule has 4 nitrogen and oxygen atoms in total. The summed E-state index contributed by atoms with van der Waals surface area (Å²) in [5.74, 6) is 0.206. The molecular weight excluding hydrogens is 216 g/mol. The molecule has 0 rings (SSSR count). The summed E-state index contributed by atoms with van der Waals surface area (Å²) < 4.78 is 5.45. The van der Waals surface area contributed by atoms with Crippen LogP contribution in [0.5, 0.6) is 0 Å². The molecule has 0 aliphatic rings. The summed E-state index contributed by atoms with van der Waals surface area (Å²) in [6, 6.07) is 0. The van der Waals surface area contributed by atoms with Crippen molar-refractivity contribution in [3.05, 3.63) is 0 Å². The number of carbonyl (C=O) groups excluding carboxylic acids is 1. The van der Waals surface area contributed by atoms with E-state index in [9.17, 15) is 4.79 Å². The largest absolute Gasteiger partial charge is 0.379 e. The van der Waals surface area contributed by atoms with Gasteiger partial charge in [0.15, 0.2) is 0 Å². The van der Waals surface area contributed by atoms with Crippen LogP contribution in [0.4, 0.5) is 0 Å². The fraction of sp³-hybridized carbons (Fsp3) is 0.923. The van der Waals surface area contributed by atoms with Gasteiger partial charge in [-0.1, -0.05) is 0 Å². The number of ether oxygens (including phenoxy) is 1. The SMILES string of the molecule is CC(C)OCCCCNCCCC(=O)N(C)C. The minimum atomic E-state index is 0.206. The lowest BCUT2D eigenvalue weighted by atomic mass is 10.2. The van der Waals surface area contributed by atoms with Crippen molar-refractivity contribution in [3.63, 3.8) is 0 Å². The summed E-state index contributed by atoms with van der Waals surface area (Å²) in [5.41, 5.74) is 0. The molecule has 0 aromatic carbocycles. The zero-order chi connectivity index (χ0) is 13.1. The van der Waals surface area contributed by atoms with Crippen LogP contribution in [0.1, 0.15) is 39.5 Å². The molecular formula is C13H28N2O2. The van der Waals surface area contributed by atoms with E-state index in [-0.39, 0.29) is 5.91 Å². The van der Waals surface area contributed by atoms with Crippen molar-refractivity contribution in [1.82, 2.24) is 10.2 Å². The Morgan fingerprint density at radius 2 is 1.82 bits per heavy atom. The number of carbonyl (C=O) groups is 1. The molecule has 4 heteroatoms. The molecule has 1 N–H and O–H groups in total. The third-order valence-electron chi connectivity index (χ3n) is 2.44. The van der Waals surface area contributed by atoms with Crippen molar-refractivity contribution in [2.45, 2.75) is 45.6 Å². The minimum absolute atomic E-state index is 0.206. The first-order valence-corrected chi connectivity index (χ1v) is 6.56. The Hall–Kier alpha value is -0.610. The van der Waals surface area contributed by atoms with Crippen LogP contribution in [0.15, 0.2) is 0 Å². The molecule has 0 unspecified atom stereocenters. The van der Waals surface area contributed by atoms with E-state index in [1.54, 1.807) is 19.0 Å². The maximum Gasteiger partial charge on any atom is 0.222 e. The van der Waals surface area contributed by atoms with Crippen molar-refractivity contribution in [3.8, 4) is 0 Å². The Kier molecular flexibility index (Phi) is 10.2. The molecule has 0 fully saturated rings. The van der Waals surface area contributed by atoms with Gasteiger partial charge < -0.3 is 15.0 Å². The molecule has 0 aromatic rings. The zero-order valence-electron chi connectivity index (χ0n) is 11.8. The van der Waals surface area contributed by atoms with Crippen molar-refractivity contribution in [1.29, 1.82) is 0 Å². The van der Waals surface area contributed by atoms with Gasteiger partial charge in [0.2, 0.25) is 5.91 Å². The summed E-state index contributed by atoms with van der Waals surface area (Å²) in [6.07, 6.45) is 4.12.